The molecule has 0 aliphatic heterocycles. The molecule has 1 amide bonds. The van der Waals surface area contributed by atoms with Crippen molar-refractivity contribution < 1.29 is 27.5 Å². The lowest BCUT2D eigenvalue weighted by molar-refractivity contribution is -0.145. The summed E-state index contributed by atoms with van der Waals surface area (Å²) in [7, 11) is -4.07. The van der Waals surface area contributed by atoms with E-state index in [9.17, 15) is 18.0 Å². The first kappa shape index (κ1) is 30.0. The van der Waals surface area contributed by atoms with E-state index >= 15 is 0 Å². The van der Waals surface area contributed by atoms with Crippen LogP contribution in [-0.2, 0) is 24.3 Å². The molecule has 12 heteroatoms. The molecular formula is C27H28ClN3O6S2. The molecule has 0 aliphatic carbocycles. The lowest BCUT2D eigenvalue weighted by atomic mass is 10.2. The van der Waals surface area contributed by atoms with Gasteiger partial charge in [0.25, 0.3) is 15.9 Å². The van der Waals surface area contributed by atoms with Gasteiger partial charge < -0.3 is 9.47 Å². The molecule has 39 heavy (non-hydrogen) atoms. The third kappa shape index (κ3) is 9.02. The lowest BCUT2D eigenvalue weighted by Crippen LogP contribution is -2.39. The van der Waals surface area contributed by atoms with E-state index in [2.05, 4.69) is 10.5 Å². The van der Waals surface area contributed by atoms with E-state index in [-0.39, 0.29) is 17.2 Å². The minimum absolute atomic E-state index is 0.0357. The van der Waals surface area contributed by atoms with Gasteiger partial charge in [-0.05, 0) is 72.8 Å². The molecule has 206 valence electrons. The number of nitrogens with one attached hydrogen (secondary N) is 1. The molecule has 3 aromatic rings. The van der Waals surface area contributed by atoms with Gasteiger partial charge in [-0.15, -0.1) is 0 Å². The molecule has 0 unspecified atom stereocenters. The van der Waals surface area contributed by atoms with Gasteiger partial charge in [-0.2, -0.15) is 16.9 Å². The number of halogens is 1. The van der Waals surface area contributed by atoms with Crippen LogP contribution >= 0.6 is 23.4 Å². The van der Waals surface area contributed by atoms with Crippen LogP contribution in [0.2, 0.25) is 5.02 Å². The van der Waals surface area contributed by atoms with Crippen LogP contribution in [0, 0.1) is 6.92 Å². The fraction of sp³-hybridized carbons (Fsp3) is 0.222. The van der Waals surface area contributed by atoms with Crippen molar-refractivity contribution in [2.24, 2.45) is 5.10 Å². The summed E-state index contributed by atoms with van der Waals surface area (Å²) in [5, 5.41) is 4.31. The normalized spacial score (nSPS) is 11.3. The lowest BCUT2D eigenvalue weighted by Gasteiger charge is -2.24. The average Bonchev–Trinajstić information content (AvgIpc) is 2.93. The maximum absolute atomic E-state index is 13.4. The summed E-state index contributed by atoms with van der Waals surface area (Å²) in [6.45, 7) is 1.41. The van der Waals surface area contributed by atoms with Crippen molar-refractivity contribution in [2.75, 3.05) is 36.1 Å². The van der Waals surface area contributed by atoms with Crippen LogP contribution in [0.15, 0.2) is 82.8 Å². The Hall–Kier alpha value is -3.54. The second-order valence-electron chi connectivity index (χ2n) is 8.12. The monoisotopic (exact) mass is 589 g/mol. The SMILES string of the molecule is CSCCOC(=O)COc1ccc(C=NNC(=O)CN(c2ccc(C)c(Cl)c2)S(=O)(=O)c2ccccc2)cc1. The van der Waals surface area contributed by atoms with Crippen molar-refractivity contribution in [2.45, 2.75) is 11.8 Å². The van der Waals surface area contributed by atoms with Crippen molar-refractivity contribution in [3.05, 3.63) is 88.9 Å². The maximum Gasteiger partial charge on any atom is 0.344 e. The minimum atomic E-state index is -4.07. The van der Waals surface area contributed by atoms with E-state index in [1.54, 1.807) is 73.3 Å². The molecule has 0 radical (unpaired) electrons. The fourth-order valence-electron chi connectivity index (χ4n) is 3.19. The number of benzene rings is 3. The van der Waals surface area contributed by atoms with Gasteiger partial charge in [-0.25, -0.2) is 18.6 Å². The van der Waals surface area contributed by atoms with E-state index in [1.807, 2.05) is 6.26 Å². The number of anilines is 1. The largest absolute Gasteiger partial charge is 0.482 e. The van der Waals surface area contributed by atoms with Crippen LogP contribution < -0.4 is 14.5 Å². The zero-order valence-corrected chi connectivity index (χ0v) is 23.8. The van der Waals surface area contributed by atoms with Gasteiger partial charge >= 0.3 is 5.97 Å². The van der Waals surface area contributed by atoms with Gasteiger partial charge in [-0.1, -0.05) is 35.9 Å². The van der Waals surface area contributed by atoms with Gasteiger partial charge in [0, 0.05) is 10.8 Å². The van der Waals surface area contributed by atoms with E-state index in [0.29, 0.717) is 22.9 Å². The van der Waals surface area contributed by atoms with Crippen LogP contribution in [0.1, 0.15) is 11.1 Å². The molecule has 0 fully saturated rings. The van der Waals surface area contributed by atoms with Crippen LogP contribution in [-0.4, -0.2) is 58.3 Å². The third-order valence-electron chi connectivity index (χ3n) is 5.25. The van der Waals surface area contributed by atoms with E-state index in [1.165, 1.54) is 24.4 Å². The molecule has 0 bridgehead atoms. The van der Waals surface area contributed by atoms with Gasteiger partial charge in [0.05, 0.1) is 16.8 Å². The number of rotatable bonds is 13. The number of hydrazone groups is 1. The first-order valence-corrected chi connectivity index (χ1v) is 14.9. The summed E-state index contributed by atoms with van der Waals surface area (Å²) in [4.78, 5) is 24.4. The molecule has 0 aliphatic rings. The van der Waals surface area contributed by atoms with Gasteiger partial charge in [-0.3, -0.25) is 9.10 Å². The van der Waals surface area contributed by atoms with Gasteiger partial charge in [0.1, 0.15) is 18.9 Å². The molecular weight excluding hydrogens is 562 g/mol. The highest BCUT2D eigenvalue weighted by molar-refractivity contribution is 7.98. The number of esters is 1. The molecule has 1 N–H and O–H groups in total. The van der Waals surface area contributed by atoms with Crippen molar-refractivity contribution in [1.82, 2.24) is 5.43 Å². The summed E-state index contributed by atoms with van der Waals surface area (Å²) < 4.78 is 38.2. The first-order chi connectivity index (χ1) is 18.7. The van der Waals surface area contributed by atoms with Crippen molar-refractivity contribution in [3.63, 3.8) is 0 Å². The molecule has 0 heterocycles. The summed E-state index contributed by atoms with van der Waals surface area (Å²) in [5.74, 6) is 0.0878. The van der Waals surface area contributed by atoms with E-state index in [4.69, 9.17) is 21.1 Å². The molecule has 3 aromatic carbocycles. The fourth-order valence-corrected chi connectivity index (χ4v) is 5.05. The standard InChI is InChI=1S/C27H28ClN3O6S2/c1-20-8-11-22(16-25(20)28)31(39(34,35)24-6-4-3-5-7-24)18-26(32)30-29-17-21-9-12-23(13-10-21)37-19-27(33)36-14-15-38-2/h3-13,16-17H,14-15,18-19H2,1-2H3,(H,30,32). The predicted molar refractivity (Wildman–Crippen MR) is 154 cm³/mol. The Balaban J connectivity index is 1.63. The highest BCUT2D eigenvalue weighted by Gasteiger charge is 2.27. The predicted octanol–water partition coefficient (Wildman–Crippen LogP) is 4.28. The summed E-state index contributed by atoms with van der Waals surface area (Å²) in [6.07, 6.45) is 3.32. The van der Waals surface area contributed by atoms with Crippen LogP contribution in [0.3, 0.4) is 0 Å². The molecule has 0 saturated heterocycles. The molecule has 0 aromatic heterocycles. The third-order valence-corrected chi connectivity index (χ3v) is 8.02. The molecule has 0 spiro atoms. The summed E-state index contributed by atoms with van der Waals surface area (Å²) >= 11 is 7.82. The summed E-state index contributed by atoms with van der Waals surface area (Å²) in [6, 6.07) is 19.3. The zero-order chi connectivity index (χ0) is 28.3. The van der Waals surface area contributed by atoms with Crippen LogP contribution in [0.4, 0.5) is 5.69 Å². The summed E-state index contributed by atoms with van der Waals surface area (Å²) in [5.41, 5.74) is 4.02. The number of ether oxygens (including phenoxy) is 2. The Morgan fingerprint density at radius 2 is 1.79 bits per heavy atom. The number of hydrogen-bond acceptors (Lipinski definition) is 8. The van der Waals surface area contributed by atoms with Crippen molar-refractivity contribution in [1.29, 1.82) is 0 Å². The van der Waals surface area contributed by atoms with Gasteiger partial charge in [0.2, 0.25) is 0 Å². The van der Waals surface area contributed by atoms with Crippen molar-refractivity contribution in [3.8, 4) is 5.75 Å². The topological polar surface area (TPSA) is 114 Å². The number of aryl methyl sites for hydroxylation is 1. The number of sulfonamides is 1. The van der Waals surface area contributed by atoms with Gasteiger partial charge in [0.15, 0.2) is 6.61 Å². The Kier molecular flexibility index (Phi) is 11.2. The molecule has 0 saturated carbocycles. The second-order valence-corrected chi connectivity index (χ2v) is 11.4. The van der Waals surface area contributed by atoms with E-state index in [0.717, 1.165) is 15.6 Å². The quantitative estimate of drug-likeness (QED) is 0.137. The smallest absolute Gasteiger partial charge is 0.344 e. The highest BCUT2D eigenvalue weighted by Crippen LogP contribution is 2.28. The van der Waals surface area contributed by atoms with E-state index < -0.39 is 28.4 Å². The number of thioether (sulfide) groups is 1. The minimum Gasteiger partial charge on any atom is -0.482 e. The Morgan fingerprint density at radius 1 is 1.08 bits per heavy atom. The Bertz CT molecular complexity index is 1400. The molecule has 3 rings (SSSR count). The highest BCUT2D eigenvalue weighted by atomic mass is 35.5. The maximum atomic E-state index is 13.4. The van der Waals surface area contributed by atoms with Crippen molar-refractivity contribution >= 4 is 57.2 Å². The molecule has 9 nitrogen and oxygen atoms in total. The number of carbonyl (C=O) groups is 2. The number of hydrogen-bond donors (Lipinski definition) is 1. The molecule has 0 atom stereocenters. The second kappa shape index (κ2) is 14.6. The number of carbonyl (C=O) groups excluding carboxylic acids is 2. The number of nitrogens with zero attached hydrogens (tertiary/aromatic N) is 2. The van der Waals surface area contributed by atoms with Crippen LogP contribution in [0.25, 0.3) is 0 Å². The first-order valence-electron chi connectivity index (χ1n) is 11.7. The zero-order valence-electron chi connectivity index (χ0n) is 21.4. The Labute approximate surface area is 237 Å². The Morgan fingerprint density at radius 3 is 2.46 bits per heavy atom. The van der Waals surface area contributed by atoms with Crippen LogP contribution in [0.5, 0.6) is 5.75 Å². The number of amides is 1. The average molecular weight is 590 g/mol.